The van der Waals surface area contributed by atoms with E-state index in [0.717, 1.165) is 23.4 Å². The molecule has 96 valence electrons. The highest BCUT2D eigenvalue weighted by Gasteiger charge is 2.15. The zero-order chi connectivity index (χ0) is 13.2. The maximum atomic E-state index is 12.1. The summed E-state index contributed by atoms with van der Waals surface area (Å²) in [6.45, 7) is 2.88. The molecule has 0 unspecified atom stereocenters. The zero-order valence-electron chi connectivity index (χ0n) is 10.5. The predicted molar refractivity (Wildman–Crippen MR) is 75.6 cm³/mol. The van der Waals surface area contributed by atoms with Crippen molar-refractivity contribution in [1.82, 2.24) is 14.5 Å². The molecule has 0 aliphatic heterocycles. The first-order chi connectivity index (χ1) is 9.29. The first-order valence-corrected chi connectivity index (χ1v) is 7.03. The maximum Gasteiger partial charge on any atom is 0.181 e. The Morgan fingerprint density at radius 2 is 2.21 bits per heavy atom. The van der Waals surface area contributed by atoms with Gasteiger partial charge in [-0.2, -0.15) is 0 Å². The highest BCUT2D eigenvalue weighted by atomic mass is 32.1. The first kappa shape index (κ1) is 12.0. The van der Waals surface area contributed by atoms with Crippen molar-refractivity contribution >= 4 is 28.2 Å². The molecule has 3 rings (SSSR count). The van der Waals surface area contributed by atoms with Gasteiger partial charge in [0.15, 0.2) is 5.78 Å². The Labute approximate surface area is 114 Å². The van der Waals surface area contributed by atoms with Crippen molar-refractivity contribution < 1.29 is 4.79 Å². The number of thiazole rings is 1. The SMILES string of the molecule is CCn1c(CC(=O)c2cncs2)nc2ccccc21. The van der Waals surface area contributed by atoms with E-state index in [2.05, 4.69) is 21.5 Å². The van der Waals surface area contributed by atoms with E-state index in [0.29, 0.717) is 11.3 Å². The monoisotopic (exact) mass is 271 g/mol. The summed E-state index contributed by atoms with van der Waals surface area (Å²) in [6, 6.07) is 7.96. The summed E-state index contributed by atoms with van der Waals surface area (Å²) >= 11 is 1.37. The average molecular weight is 271 g/mol. The smallest absolute Gasteiger partial charge is 0.181 e. The fraction of sp³-hybridized carbons (Fsp3) is 0.214. The molecular formula is C14H13N3OS. The summed E-state index contributed by atoms with van der Waals surface area (Å²) in [6.07, 6.45) is 1.94. The molecular weight excluding hydrogens is 258 g/mol. The lowest BCUT2D eigenvalue weighted by molar-refractivity contribution is 0.0993. The fourth-order valence-corrected chi connectivity index (χ4v) is 2.76. The molecule has 0 aliphatic rings. The van der Waals surface area contributed by atoms with Crippen LogP contribution in [0.4, 0.5) is 0 Å². The molecule has 0 saturated heterocycles. The molecule has 0 atom stereocenters. The van der Waals surface area contributed by atoms with Crippen molar-refractivity contribution in [2.45, 2.75) is 19.9 Å². The van der Waals surface area contributed by atoms with Gasteiger partial charge in [0.25, 0.3) is 0 Å². The fourth-order valence-electron chi connectivity index (χ4n) is 2.20. The standard InChI is InChI=1S/C14H13N3OS/c1-2-17-11-6-4-3-5-10(11)16-14(17)7-12(18)13-8-15-9-19-13/h3-6,8-9H,2,7H2,1H3. The van der Waals surface area contributed by atoms with Crippen LogP contribution in [0.15, 0.2) is 36.0 Å². The highest BCUT2D eigenvalue weighted by molar-refractivity contribution is 7.11. The number of para-hydroxylation sites is 2. The normalized spacial score (nSPS) is 11.0. The average Bonchev–Trinajstić information content (AvgIpc) is 3.05. The minimum atomic E-state index is 0.0764. The molecule has 19 heavy (non-hydrogen) atoms. The molecule has 0 aliphatic carbocycles. The third kappa shape index (κ3) is 2.17. The molecule has 0 fully saturated rings. The highest BCUT2D eigenvalue weighted by Crippen LogP contribution is 2.18. The van der Waals surface area contributed by atoms with Crippen LogP contribution < -0.4 is 0 Å². The number of carbonyl (C=O) groups excluding carboxylic acids is 1. The molecule has 3 aromatic rings. The Balaban J connectivity index is 1.99. The molecule has 0 spiro atoms. The second-order valence-corrected chi connectivity index (χ2v) is 5.11. The number of carbonyl (C=O) groups is 1. The third-order valence-electron chi connectivity index (χ3n) is 3.08. The number of rotatable bonds is 4. The minimum absolute atomic E-state index is 0.0764. The van der Waals surface area contributed by atoms with E-state index in [9.17, 15) is 4.79 Å². The van der Waals surface area contributed by atoms with E-state index in [-0.39, 0.29) is 5.78 Å². The third-order valence-corrected chi connectivity index (χ3v) is 3.89. The van der Waals surface area contributed by atoms with Crippen LogP contribution in [0.3, 0.4) is 0 Å². The van der Waals surface area contributed by atoms with Crippen molar-refractivity contribution in [2.24, 2.45) is 0 Å². The number of hydrogen-bond acceptors (Lipinski definition) is 4. The van der Waals surface area contributed by atoms with E-state index in [4.69, 9.17) is 0 Å². The van der Waals surface area contributed by atoms with Gasteiger partial charge in [-0.1, -0.05) is 12.1 Å². The number of ketones is 1. The summed E-state index contributed by atoms with van der Waals surface area (Å²) in [4.78, 5) is 21.3. The summed E-state index contributed by atoms with van der Waals surface area (Å²) in [5.41, 5.74) is 3.70. The Morgan fingerprint density at radius 3 is 2.95 bits per heavy atom. The molecule has 0 saturated carbocycles. The predicted octanol–water partition coefficient (Wildman–Crippen LogP) is 2.94. The van der Waals surface area contributed by atoms with Crippen molar-refractivity contribution in [2.75, 3.05) is 0 Å². The topological polar surface area (TPSA) is 47.8 Å². The van der Waals surface area contributed by atoms with Crippen molar-refractivity contribution in [3.8, 4) is 0 Å². The molecule has 4 nitrogen and oxygen atoms in total. The Kier molecular flexibility index (Phi) is 3.13. The van der Waals surface area contributed by atoms with Gasteiger partial charge in [-0.15, -0.1) is 11.3 Å². The number of aryl methyl sites for hydroxylation is 1. The van der Waals surface area contributed by atoms with Gasteiger partial charge in [0.05, 0.1) is 27.8 Å². The van der Waals surface area contributed by atoms with Crippen LogP contribution in [-0.2, 0) is 13.0 Å². The molecule has 0 radical (unpaired) electrons. The molecule has 1 aromatic carbocycles. The van der Waals surface area contributed by atoms with E-state index in [1.807, 2.05) is 24.3 Å². The lowest BCUT2D eigenvalue weighted by Gasteiger charge is -2.04. The van der Waals surface area contributed by atoms with Crippen molar-refractivity contribution in [3.63, 3.8) is 0 Å². The first-order valence-electron chi connectivity index (χ1n) is 6.15. The van der Waals surface area contributed by atoms with Gasteiger partial charge in [0, 0.05) is 12.7 Å². The summed E-state index contributed by atoms with van der Waals surface area (Å²) in [5.74, 6) is 0.898. The van der Waals surface area contributed by atoms with Gasteiger partial charge in [-0.25, -0.2) is 4.98 Å². The second-order valence-electron chi connectivity index (χ2n) is 4.23. The van der Waals surface area contributed by atoms with E-state index < -0.39 is 0 Å². The number of fused-ring (bicyclic) bond motifs is 1. The lowest BCUT2D eigenvalue weighted by Crippen LogP contribution is -2.08. The van der Waals surface area contributed by atoms with Crippen LogP contribution in [0, 0.1) is 0 Å². The van der Waals surface area contributed by atoms with Crippen LogP contribution in [-0.4, -0.2) is 20.3 Å². The lowest BCUT2D eigenvalue weighted by atomic mass is 10.2. The van der Waals surface area contributed by atoms with Crippen LogP contribution in [0.1, 0.15) is 22.4 Å². The largest absolute Gasteiger partial charge is 0.328 e. The number of nitrogens with zero attached hydrogens (tertiary/aromatic N) is 3. The van der Waals surface area contributed by atoms with Gasteiger partial charge in [-0.3, -0.25) is 9.78 Å². The quantitative estimate of drug-likeness (QED) is 0.685. The number of Topliss-reactive ketones (excluding diaryl/α,β-unsaturated/α-hetero) is 1. The van der Waals surface area contributed by atoms with E-state index in [1.165, 1.54) is 11.3 Å². The van der Waals surface area contributed by atoms with Crippen LogP contribution >= 0.6 is 11.3 Å². The van der Waals surface area contributed by atoms with Gasteiger partial charge in [0.1, 0.15) is 5.82 Å². The van der Waals surface area contributed by atoms with Crippen LogP contribution in [0.2, 0.25) is 0 Å². The molecule has 0 amide bonds. The van der Waals surface area contributed by atoms with Crippen molar-refractivity contribution in [1.29, 1.82) is 0 Å². The molecule has 2 heterocycles. The molecule has 2 aromatic heterocycles. The second kappa shape index (κ2) is 4.93. The van der Waals surface area contributed by atoms with Crippen LogP contribution in [0.5, 0.6) is 0 Å². The Hall–Kier alpha value is -2.01. The summed E-state index contributed by atoms with van der Waals surface area (Å²) in [7, 11) is 0. The summed E-state index contributed by atoms with van der Waals surface area (Å²) < 4.78 is 2.09. The van der Waals surface area contributed by atoms with E-state index >= 15 is 0 Å². The van der Waals surface area contributed by atoms with Gasteiger partial charge < -0.3 is 4.57 Å². The zero-order valence-corrected chi connectivity index (χ0v) is 11.4. The van der Waals surface area contributed by atoms with Crippen LogP contribution in [0.25, 0.3) is 11.0 Å². The Bertz CT molecular complexity index is 715. The number of hydrogen-bond donors (Lipinski definition) is 0. The molecule has 0 bridgehead atoms. The van der Waals surface area contributed by atoms with Crippen molar-refractivity contribution in [3.05, 3.63) is 46.7 Å². The number of imidazole rings is 1. The number of aromatic nitrogens is 3. The van der Waals surface area contributed by atoms with Gasteiger partial charge >= 0.3 is 0 Å². The van der Waals surface area contributed by atoms with E-state index in [1.54, 1.807) is 11.7 Å². The Morgan fingerprint density at radius 1 is 1.37 bits per heavy atom. The molecule has 5 heteroatoms. The number of benzene rings is 1. The van der Waals surface area contributed by atoms with Gasteiger partial charge in [0.2, 0.25) is 0 Å². The minimum Gasteiger partial charge on any atom is -0.328 e. The van der Waals surface area contributed by atoms with Gasteiger partial charge in [-0.05, 0) is 19.1 Å². The maximum absolute atomic E-state index is 12.1. The molecule has 0 N–H and O–H groups in total. The summed E-state index contributed by atoms with van der Waals surface area (Å²) in [5, 5.41) is 0.